The number of hydrogen-bond acceptors (Lipinski definition) is 5. The van der Waals surface area contributed by atoms with E-state index in [4.69, 9.17) is 9.72 Å². The molecular formula is C29H33N3O2S. The lowest BCUT2D eigenvalue weighted by Gasteiger charge is -2.29. The lowest BCUT2D eigenvalue weighted by Crippen LogP contribution is -2.27. The highest BCUT2D eigenvalue weighted by atomic mass is 32.1. The molecule has 182 valence electrons. The fourth-order valence-corrected chi connectivity index (χ4v) is 6.48. The summed E-state index contributed by atoms with van der Waals surface area (Å²) in [4.78, 5) is 25.1. The van der Waals surface area contributed by atoms with Crippen molar-refractivity contribution in [2.24, 2.45) is 7.05 Å². The maximum atomic E-state index is 13.0. The highest BCUT2D eigenvalue weighted by Gasteiger charge is 2.32. The van der Waals surface area contributed by atoms with Crippen molar-refractivity contribution in [2.75, 3.05) is 0 Å². The lowest BCUT2D eigenvalue weighted by atomic mass is 9.87. The minimum absolute atomic E-state index is 0.000785. The second-order valence-corrected chi connectivity index (χ2v) is 11.6. The number of Topliss-reactive ketones (excluding diaryl/α,β-unsaturated/α-hetero) is 1. The molecule has 3 aromatic heterocycles. The van der Waals surface area contributed by atoms with E-state index in [9.17, 15) is 4.79 Å². The Morgan fingerprint density at radius 3 is 2.43 bits per heavy atom. The molecule has 0 unspecified atom stereocenters. The first-order valence-electron chi connectivity index (χ1n) is 12.3. The topological polar surface area (TPSA) is 57.0 Å². The number of fused-ring (bicyclic) bond motifs is 3. The predicted octanol–water partition coefficient (Wildman–Crippen LogP) is 7.00. The summed E-state index contributed by atoms with van der Waals surface area (Å²) in [5.41, 5.74) is 5.95. The Hall–Kier alpha value is -2.83. The number of aromatic nitrogens is 3. The zero-order valence-electron chi connectivity index (χ0n) is 21.4. The molecule has 0 bridgehead atoms. The Morgan fingerprint density at radius 1 is 1.11 bits per heavy atom. The van der Waals surface area contributed by atoms with Gasteiger partial charge in [0.15, 0.2) is 5.78 Å². The average molecular weight is 488 g/mol. The number of hydrogen-bond donors (Lipinski definition) is 0. The van der Waals surface area contributed by atoms with Gasteiger partial charge in [0, 0.05) is 52.1 Å². The van der Waals surface area contributed by atoms with Crippen molar-refractivity contribution in [2.45, 2.75) is 72.0 Å². The summed E-state index contributed by atoms with van der Waals surface area (Å²) in [7, 11) is 2.00. The van der Waals surface area contributed by atoms with Crippen molar-refractivity contribution in [3.05, 3.63) is 58.4 Å². The summed E-state index contributed by atoms with van der Waals surface area (Å²) in [6.45, 7) is 9.63. The SMILES string of the molecule is CC(=O)[C@@H](OC(C)(C)C)c1c(C)nc2sc3c(c2c1-c1ccc(-c2nccn2C)cc1)CCCC3. The maximum Gasteiger partial charge on any atom is 0.163 e. The van der Waals surface area contributed by atoms with Gasteiger partial charge in [-0.3, -0.25) is 4.79 Å². The van der Waals surface area contributed by atoms with E-state index < -0.39 is 11.7 Å². The smallest absolute Gasteiger partial charge is 0.163 e. The predicted molar refractivity (Wildman–Crippen MR) is 143 cm³/mol. The number of imidazole rings is 1. The second kappa shape index (κ2) is 8.99. The summed E-state index contributed by atoms with van der Waals surface area (Å²) in [6, 6.07) is 8.55. The number of carbonyl (C=O) groups excluding carboxylic acids is 1. The van der Waals surface area contributed by atoms with Crippen LogP contribution in [-0.4, -0.2) is 25.9 Å². The van der Waals surface area contributed by atoms with Gasteiger partial charge in [-0.25, -0.2) is 9.97 Å². The normalized spacial score (nSPS) is 14.8. The minimum Gasteiger partial charge on any atom is -0.360 e. The molecule has 0 spiro atoms. The number of aryl methyl sites for hydroxylation is 4. The van der Waals surface area contributed by atoms with Crippen molar-refractivity contribution in [3.63, 3.8) is 0 Å². The van der Waals surface area contributed by atoms with Crippen molar-refractivity contribution in [3.8, 4) is 22.5 Å². The van der Waals surface area contributed by atoms with E-state index in [-0.39, 0.29) is 5.78 Å². The molecule has 0 N–H and O–H groups in total. The van der Waals surface area contributed by atoms with Crippen LogP contribution in [0.1, 0.15) is 68.3 Å². The van der Waals surface area contributed by atoms with Crippen molar-refractivity contribution < 1.29 is 9.53 Å². The molecule has 1 atom stereocenters. The van der Waals surface area contributed by atoms with Crippen LogP contribution in [0.25, 0.3) is 32.7 Å². The summed E-state index contributed by atoms with van der Waals surface area (Å²) < 4.78 is 8.42. The molecule has 1 aliphatic carbocycles. The largest absolute Gasteiger partial charge is 0.360 e. The molecule has 0 saturated heterocycles. The monoisotopic (exact) mass is 487 g/mol. The maximum absolute atomic E-state index is 13.0. The quantitative estimate of drug-likeness (QED) is 0.304. The first kappa shape index (κ1) is 23.9. The van der Waals surface area contributed by atoms with Crippen LogP contribution in [0.15, 0.2) is 36.7 Å². The standard InChI is InChI=1S/C29H33N3O2S/c1-17-23(26(18(2)33)34-29(3,4)5)24(25-21-9-7-8-10-22(21)35-28(25)31-17)19-11-13-20(14-12-19)27-30-15-16-32(27)6/h11-16,26H,7-10H2,1-6H3/t26-/m1/s1. The molecule has 0 radical (unpaired) electrons. The lowest BCUT2D eigenvalue weighted by molar-refractivity contribution is -0.138. The molecule has 1 aromatic carbocycles. The third-order valence-electron chi connectivity index (χ3n) is 6.69. The number of benzene rings is 1. The van der Waals surface area contributed by atoms with E-state index >= 15 is 0 Å². The number of nitrogens with zero attached hydrogens (tertiary/aromatic N) is 3. The zero-order valence-corrected chi connectivity index (χ0v) is 22.3. The van der Waals surface area contributed by atoms with Crippen molar-refractivity contribution >= 4 is 27.3 Å². The molecule has 6 heteroatoms. The first-order valence-corrected chi connectivity index (χ1v) is 13.2. The highest BCUT2D eigenvalue weighted by molar-refractivity contribution is 7.19. The number of ketones is 1. The van der Waals surface area contributed by atoms with E-state index in [1.807, 2.05) is 63.0 Å². The van der Waals surface area contributed by atoms with E-state index in [1.165, 1.54) is 28.7 Å². The molecule has 0 fully saturated rings. The molecule has 3 heterocycles. The van der Waals surface area contributed by atoms with Gasteiger partial charge in [0.1, 0.15) is 16.8 Å². The molecule has 5 rings (SSSR count). The van der Waals surface area contributed by atoms with Gasteiger partial charge in [-0.05, 0) is 71.4 Å². The van der Waals surface area contributed by atoms with E-state index in [0.717, 1.165) is 51.4 Å². The van der Waals surface area contributed by atoms with Crippen molar-refractivity contribution in [1.82, 2.24) is 14.5 Å². The van der Waals surface area contributed by atoms with Crippen LogP contribution in [0.3, 0.4) is 0 Å². The third-order valence-corrected chi connectivity index (χ3v) is 7.87. The number of thiophene rings is 1. The Labute approximate surface area is 211 Å². The van der Waals surface area contributed by atoms with Crippen LogP contribution in [0.4, 0.5) is 0 Å². The van der Waals surface area contributed by atoms with Crippen LogP contribution in [0.5, 0.6) is 0 Å². The van der Waals surface area contributed by atoms with Gasteiger partial charge in [0.05, 0.1) is 5.60 Å². The van der Waals surface area contributed by atoms with Crippen LogP contribution in [0, 0.1) is 6.92 Å². The highest BCUT2D eigenvalue weighted by Crippen LogP contribution is 2.46. The van der Waals surface area contributed by atoms with Crippen molar-refractivity contribution in [1.29, 1.82) is 0 Å². The van der Waals surface area contributed by atoms with E-state index in [0.29, 0.717) is 0 Å². The zero-order chi connectivity index (χ0) is 24.9. The summed E-state index contributed by atoms with van der Waals surface area (Å²) >= 11 is 1.82. The van der Waals surface area contributed by atoms with E-state index in [2.05, 4.69) is 29.2 Å². The second-order valence-electron chi connectivity index (χ2n) is 10.5. The first-order chi connectivity index (χ1) is 16.6. The Kier molecular flexibility index (Phi) is 6.14. The molecule has 1 aliphatic rings. The van der Waals surface area contributed by atoms with Gasteiger partial charge in [0.2, 0.25) is 0 Å². The van der Waals surface area contributed by atoms with Crippen LogP contribution < -0.4 is 0 Å². The average Bonchev–Trinajstić information content (AvgIpc) is 3.39. The van der Waals surface area contributed by atoms with Gasteiger partial charge in [-0.15, -0.1) is 11.3 Å². The van der Waals surface area contributed by atoms with Gasteiger partial charge in [-0.2, -0.15) is 0 Å². The third kappa shape index (κ3) is 4.45. The Balaban J connectivity index is 1.78. The molecule has 0 aliphatic heterocycles. The number of rotatable bonds is 5. The Morgan fingerprint density at radius 2 is 1.80 bits per heavy atom. The van der Waals surface area contributed by atoms with E-state index in [1.54, 1.807) is 6.92 Å². The molecule has 4 aromatic rings. The molecule has 0 amide bonds. The number of pyridine rings is 1. The van der Waals surface area contributed by atoms with Crippen LogP contribution >= 0.6 is 11.3 Å². The minimum atomic E-state index is -0.671. The van der Waals surface area contributed by atoms with Crippen LogP contribution in [-0.2, 0) is 29.4 Å². The molecule has 5 nitrogen and oxygen atoms in total. The van der Waals surface area contributed by atoms with Gasteiger partial charge >= 0.3 is 0 Å². The van der Waals surface area contributed by atoms with Gasteiger partial charge < -0.3 is 9.30 Å². The fraction of sp³-hybridized carbons (Fsp3) is 0.414. The molecular weight excluding hydrogens is 454 g/mol. The molecule has 35 heavy (non-hydrogen) atoms. The van der Waals surface area contributed by atoms with Crippen LogP contribution in [0.2, 0.25) is 0 Å². The summed E-state index contributed by atoms with van der Waals surface area (Å²) in [6.07, 6.45) is 7.68. The number of carbonyl (C=O) groups is 1. The Bertz CT molecular complexity index is 1410. The van der Waals surface area contributed by atoms with Gasteiger partial charge in [0.25, 0.3) is 0 Å². The summed E-state index contributed by atoms with van der Waals surface area (Å²) in [5.74, 6) is 0.928. The summed E-state index contributed by atoms with van der Waals surface area (Å²) in [5, 5.41) is 1.21. The molecule has 0 saturated carbocycles. The fourth-order valence-electron chi connectivity index (χ4n) is 5.17. The van der Waals surface area contributed by atoms with Gasteiger partial charge in [-0.1, -0.05) is 24.3 Å². The number of ether oxygens (including phenoxy) is 1.